The number of Topliss-reactive ketones (excluding diaryl/α,β-unsaturated/α-hetero) is 1. The maximum atomic E-state index is 11.9. The molecule has 0 amide bonds. The summed E-state index contributed by atoms with van der Waals surface area (Å²) in [5.41, 5.74) is -0.209. The Bertz CT molecular complexity index is 191. The number of nitrogens with zero attached hydrogens (tertiary/aromatic N) is 1. The van der Waals surface area contributed by atoms with Crippen molar-refractivity contribution in [3.63, 3.8) is 0 Å². The minimum atomic E-state index is -0.209. The van der Waals surface area contributed by atoms with E-state index >= 15 is 0 Å². The highest BCUT2D eigenvalue weighted by Crippen LogP contribution is 2.16. The van der Waals surface area contributed by atoms with Gasteiger partial charge in [0.1, 0.15) is 0 Å². The summed E-state index contributed by atoms with van der Waals surface area (Å²) in [6, 6.07) is 0.461. The first-order valence-electron chi connectivity index (χ1n) is 6.06. The van der Waals surface area contributed by atoms with Gasteiger partial charge in [0.05, 0.1) is 6.54 Å². The first-order valence-corrected chi connectivity index (χ1v) is 6.06. The lowest BCUT2D eigenvalue weighted by Gasteiger charge is -2.28. The van der Waals surface area contributed by atoms with Crippen molar-refractivity contribution in [3.8, 4) is 0 Å². The Morgan fingerprint density at radius 1 is 1.27 bits per heavy atom. The van der Waals surface area contributed by atoms with Gasteiger partial charge in [0.2, 0.25) is 0 Å². The molecule has 0 aromatic carbocycles. The monoisotopic (exact) mass is 213 g/mol. The van der Waals surface area contributed by atoms with Crippen molar-refractivity contribution in [2.45, 2.75) is 60.4 Å². The number of rotatable bonds is 6. The molecular formula is C13H27NO. The highest BCUT2D eigenvalue weighted by molar-refractivity contribution is 5.85. The molecule has 90 valence electrons. The van der Waals surface area contributed by atoms with Crippen LogP contribution in [0.4, 0.5) is 0 Å². The average Bonchev–Trinajstić information content (AvgIpc) is 2.09. The minimum Gasteiger partial charge on any atom is -0.298 e. The fourth-order valence-electron chi connectivity index (χ4n) is 1.30. The molecule has 0 atom stereocenters. The van der Waals surface area contributed by atoms with Gasteiger partial charge in [-0.1, -0.05) is 34.1 Å². The summed E-state index contributed by atoms with van der Waals surface area (Å²) in [4.78, 5) is 14.2. The Labute approximate surface area is 95.0 Å². The van der Waals surface area contributed by atoms with Crippen LogP contribution in [0, 0.1) is 5.41 Å². The Morgan fingerprint density at radius 2 is 1.80 bits per heavy atom. The number of hydrogen-bond acceptors (Lipinski definition) is 2. The van der Waals surface area contributed by atoms with E-state index in [-0.39, 0.29) is 5.41 Å². The molecule has 0 aromatic rings. The van der Waals surface area contributed by atoms with E-state index in [0.29, 0.717) is 18.4 Å². The third kappa shape index (κ3) is 5.93. The molecule has 0 unspecified atom stereocenters. The molecule has 0 aliphatic carbocycles. The lowest BCUT2D eigenvalue weighted by atomic mass is 9.90. The molecule has 0 aromatic heterocycles. The SMILES string of the molecule is CCCCN(CC(=O)C(C)(C)C)C(C)C. The van der Waals surface area contributed by atoms with Gasteiger partial charge < -0.3 is 0 Å². The molecule has 0 rings (SSSR count). The van der Waals surface area contributed by atoms with Crippen molar-refractivity contribution < 1.29 is 4.79 Å². The molecule has 2 nitrogen and oxygen atoms in total. The fourth-order valence-corrected chi connectivity index (χ4v) is 1.30. The smallest absolute Gasteiger partial charge is 0.152 e. The summed E-state index contributed by atoms with van der Waals surface area (Å²) < 4.78 is 0. The second-order valence-corrected chi connectivity index (χ2v) is 5.59. The number of unbranched alkanes of at least 4 members (excludes halogenated alkanes) is 1. The Morgan fingerprint density at radius 3 is 2.13 bits per heavy atom. The van der Waals surface area contributed by atoms with E-state index in [2.05, 4.69) is 25.7 Å². The second kappa shape index (κ2) is 6.26. The van der Waals surface area contributed by atoms with Crippen LogP contribution < -0.4 is 0 Å². The van der Waals surface area contributed by atoms with Gasteiger partial charge in [-0.25, -0.2) is 0 Å². The van der Waals surface area contributed by atoms with E-state index < -0.39 is 0 Å². The van der Waals surface area contributed by atoms with Gasteiger partial charge in [0.15, 0.2) is 5.78 Å². The quantitative estimate of drug-likeness (QED) is 0.675. The van der Waals surface area contributed by atoms with Crippen molar-refractivity contribution >= 4 is 5.78 Å². The summed E-state index contributed by atoms with van der Waals surface area (Å²) in [7, 11) is 0. The molecule has 0 aliphatic rings. The van der Waals surface area contributed by atoms with Gasteiger partial charge in [-0.05, 0) is 26.8 Å². The zero-order valence-electron chi connectivity index (χ0n) is 11.3. The average molecular weight is 213 g/mol. The van der Waals surface area contributed by atoms with Gasteiger partial charge >= 0.3 is 0 Å². The zero-order chi connectivity index (χ0) is 12.1. The number of carbonyl (C=O) groups is 1. The molecule has 0 saturated heterocycles. The minimum absolute atomic E-state index is 0.209. The van der Waals surface area contributed by atoms with Gasteiger partial charge in [0, 0.05) is 11.5 Å². The predicted molar refractivity (Wildman–Crippen MR) is 66.1 cm³/mol. The van der Waals surface area contributed by atoms with Gasteiger partial charge in [-0.2, -0.15) is 0 Å². The fraction of sp³-hybridized carbons (Fsp3) is 0.923. The maximum absolute atomic E-state index is 11.9. The van der Waals surface area contributed by atoms with E-state index in [0.717, 1.165) is 6.54 Å². The topological polar surface area (TPSA) is 20.3 Å². The van der Waals surface area contributed by atoms with E-state index in [1.54, 1.807) is 0 Å². The summed E-state index contributed by atoms with van der Waals surface area (Å²) in [5, 5.41) is 0. The Hall–Kier alpha value is -0.370. The second-order valence-electron chi connectivity index (χ2n) is 5.59. The summed E-state index contributed by atoms with van der Waals surface area (Å²) in [6.45, 7) is 14.1. The van der Waals surface area contributed by atoms with Crippen LogP contribution in [0.25, 0.3) is 0 Å². The molecule has 0 saturated carbocycles. The molecule has 15 heavy (non-hydrogen) atoms. The van der Waals surface area contributed by atoms with E-state index in [1.807, 2.05) is 20.8 Å². The van der Waals surface area contributed by atoms with Gasteiger partial charge in [-0.3, -0.25) is 9.69 Å². The Balaban J connectivity index is 4.23. The summed E-state index contributed by atoms with van der Waals surface area (Å²) in [5.74, 6) is 0.340. The summed E-state index contributed by atoms with van der Waals surface area (Å²) >= 11 is 0. The lowest BCUT2D eigenvalue weighted by molar-refractivity contribution is -0.127. The van der Waals surface area contributed by atoms with Gasteiger partial charge in [0.25, 0.3) is 0 Å². The van der Waals surface area contributed by atoms with E-state index in [9.17, 15) is 4.79 Å². The van der Waals surface area contributed by atoms with Crippen molar-refractivity contribution in [1.82, 2.24) is 4.90 Å². The van der Waals surface area contributed by atoms with E-state index in [1.165, 1.54) is 12.8 Å². The standard InChI is InChI=1S/C13H27NO/c1-7-8-9-14(11(2)3)10-12(15)13(4,5)6/h11H,7-10H2,1-6H3. The van der Waals surface area contributed by atoms with Crippen molar-refractivity contribution in [2.75, 3.05) is 13.1 Å². The third-order valence-corrected chi connectivity index (χ3v) is 2.71. The predicted octanol–water partition coefficient (Wildman–Crippen LogP) is 3.11. The summed E-state index contributed by atoms with van der Waals surface area (Å²) in [6.07, 6.45) is 2.36. The van der Waals surface area contributed by atoms with Crippen molar-refractivity contribution in [2.24, 2.45) is 5.41 Å². The van der Waals surface area contributed by atoms with Crippen LogP contribution >= 0.6 is 0 Å². The molecule has 0 bridgehead atoms. The normalized spacial score (nSPS) is 12.5. The maximum Gasteiger partial charge on any atom is 0.152 e. The molecule has 0 N–H and O–H groups in total. The lowest BCUT2D eigenvalue weighted by Crippen LogP contribution is -2.40. The van der Waals surface area contributed by atoms with Gasteiger partial charge in [-0.15, -0.1) is 0 Å². The van der Waals surface area contributed by atoms with Crippen LogP contribution in [0.15, 0.2) is 0 Å². The van der Waals surface area contributed by atoms with Crippen LogP contribution in [-0.2, 0) is 4.79 Å². The number of carbonyl (C=O) groups excluding carboxylic acids is 1. The molecular weight excluding hydrogens is 186 g/mol. The van der Waals surface area contributed by atoms with Crippen LogP contribution in [0.3, 0.4) is 0 Å². The highest BCUT2D eigenvalue weighted by Gasteiger charge is 2.24. The molecule has 0 fully saturated rings. The van der Waals surface area contributed by atoms with Crippen LogP contribution in [0.2, 0.25) is 0 Å². The van der Waals surface area contributed by atoms with Crippen LogP contribution in [0.5, 0.6) is 0 Å². The van der Waals surface area contributed by atoms with Crippen LogP contribution in [0.1, 0.15) is 54.4 Å². The largest absolute Gasteiger partial charge is 0.298 e. The zero-order valence-corrected chi connectivity index (χ0v) is 11.3. The Kier molecular flexibility index (Phi) is 6.11. The van der Waals surface area contributed by atoms with Crippen LogP contribution in [-0.4, -0.2) is 29.8 Å². The number of hydrogen-bond donors (Lipinski definition) is 0. The first kappa shape index (κ1) is 14.6. The van der Waals surface area contributed by atoms with Crippen molar-refractivity contribution in [3.05, 3.63) is 0 Å². The first-order chi connectivity index (χ1) is 6.79. The molecule has 2 heteroatoms. The highest BCUT2D eigenvalue weighted by atomic mass is 16.1. The molecule has 0 aliphatic heterocycles. The van der Waals surface area contributed by atoms with E-state index in [4.69, 9.17) is 0 Å². The molecule has 0 spiro atoms. The molecule has 0 radical (unpaired) electrons. The van der Waals surface area contributed by atoms with Crippen molar-refractivity contribution in [1.29, 1.82) is 0 Å². The third-order valence-electron chi connectivity index (χ3n) is 2.71. The molecule has 0 heterocycles. The number of ketones is 1.